The van der Waals surface area contributed by atoms with Gasteiger partial charge in [0.05, 0.1) is 5.70 Å². The monoisotopic (exact) mass is 316 g/mol. The van der Waals surface area contributed by atoms with Crippen molar-refractivity contribution in [2.24, 2.45) is 0 Å². The summed E-state index contributed by atoms with van der Waals surface area (Å²) in [6, 6.07) is 4.40. The zero-order chi connectivity index (χ0) is 14.9. The lowest BCUT2D eigenvalue weighted by atomic mass is 10.0. The first-order chi connectivity index (χ1) is 10.2. The van der Waals surface area contributed by atoms with Crippen molar-refractivity contribution in [1.82, 2.24) is 9.21 Å². The van der Waals surface area contributed by atoms with E-state index in [1.165, 1.54) is 10.6 Å². The zero-order valence-electron chi connectivity index (χ0n) is 12.5. The highest BCUT2D eigenvalue weighted by Gasteiger charge is 2.60. The molecule has 0 radical (unpaired) electrons. The minimum Gasteiger partial charge on any atom is -0.353 e. The number of rotatable bonds is 6. The molecule has 2 aliphatic heterocycles. The summed E-state index contributed by atoms with van der Waals surface area (Å²) >= 11 is 3.65. The van der Waals surface area contributed by atoms with Crippen LogP contribution in [0.2, 0.25) is 0 Å². The molecule has 1 unspecified atom stereocenters. The normalized spacial score (nSPS) is 23.1. The van der Waals surface area contributed by atoms with Gasteiger partial charge in [-0.1, -0.05) is 24.8 Å². The number of nitrogens with zero attached hydrogens (tertiary/aromatic N) is 2. The standard InChI is InChI=1S/C17H20N2S2/c1-4-10-18(14(2)3)11-9-17(16-8-6-12-20-16)15-7-5-13-21-19(15)17/h4-8,10,12-13H,2,9,11H2,1,3H3/b10-4-. The number of thiophene rings is 1. The summed E-state index contributed by atoms with van der Waals surface area (Å²) in [6.45, 7) is 9.17. The van der Waals surface area contributed by atoms with E-state index in [2.05, 4.69) is 70.1 Å². The van der Waals surface area contributed by atoms with Gasteiger partial charge in [0.25, 0.3) is 0 Å². The van der Waals surface area contributed by atoms with Crippen molar-refractivity contribution in [3.05, 3.63) is 70.2 Å². The minimum absolute atomic E-state index is 0.0810. The SMILES string of the molecule is C=C(C)N(/C=C\C)CCC1(c2cccs2)C2=CC=CSN21. The van der Waals surface area contributed by atoms with Gasteiger partial charge in [0.1, 0.15) is 5.54 Å². The quantitative estimate of drug-likeness (QED) is 0.534. The first kappa shape index (κ1) is 14.5. The van der Waals surface area contributed by atoms with Gasteiger partial charge in [0, 0.05) is 23.5 Å². The summed E-state index contributed by atoms with van der Waals surface area (Å²) in [4.78, 5) is 3.67. The Labute approximate surface area is 135 Å². The lowest BCUT2D eigenvalue weighted by Crippen LogP contribution is -2.22. The number of allylic oxidation sites excluding steroid dienone is 4. The average Bonchev–Trinajstić information content (AvgIpc) is 2.86. The van der Waals surface area contributed by atoms with E-state index in [0.717, 1.165) is 18.7 Å². The summed E-state index contributed by atoms with van der Waals surface area (Å²) in [5.41, 5.74) is 2.60. The Balaban J connectivity index is 1.81. The Morgan fingerprint density at radius 2 is 2.38 bits per heavy atom. The highest BCUT2D eigenvalue weighted by molar-refractivity contribution is 8.00. The van der Waals surface area contributed by atoms with Crippen molar-refractivity contribution < 1.29 is 0 Å². The van der Waals surface area contributed by atoms with Crippen LogP contribution in [0.5, 0.6) is 0 Å². The van der Waals surface area contributed by atoms with Crippen LogP contribution in [-0.2, 0) is 5.54 Å². The fourth-order valence-electron chi connectivity index (χ4n) is 2.81. The van der Waals surface area contributed by atoms with Crippen LogP contribution in [0.4, 0.5) is 0 Å². The lowest BCUT2D eigenvalue weighted by Gasteiger charge is -2.23. The number of fused-ring (bicyclic) bond motifs is 1. The maximum absolute atomic E-state index is 4.08. The van der Waals surface area contributed by atoms with Crippen LogP contribution < -0.4 is 0 Å². The molecule has 2 nitrogen and oxygen atoms in total. The molecule has 1 fully saturated rings. The molecule has 1 aromatic heterocycles. The maximum atomic E-state index is 4.08. The Bertz CT molecular complexity index is 613. The van der Waals surface area contributed by atoms with E-state index in [0.29, 0.717) is 0 Å². The second-order valence-electron chi connectivity index (χ2n) is 5.28. The molecular formula is C17H20N2S2. The van der Waals surface area contributed by atoms with Gasteiger partial charge < -0.3 is 4.90 Å². The van der Waals surface area contributed by atoms with Crippen molar-refractivity contribution in [3.8, 4) is 0 Å². The van der Waals surface area contributed by atoms with E-state index in [9.17, 15) is 0 Å². The third-order valence-corrected chi connectivity index (χ3v) is 5.92. The van der Waals surface area contributed by atoms with Crippen LogP contribution in [0.15, 0.2) is 65.3 Å². The van der Waals surface area contributed by atoms with E-state index in [-0.39, 0.29) is 5.54 Å². The fourth-order valence-corrected chi connectivity index (χ4v) is 4.84. The van der Waals surface area contributed by atoms with Crippen LogP contribution in [0, 0.1) is 0 Å². The van der Waals surface area contributed by atoms with Gasteiger partial charge in [-0.05, 0) is 54.9 Å². The first-order valence-corrected chi connectivity index (χ1v) is 8.85. The molecular weight excluding hydrogens is 296 g/mol. The number of hydrogen-bond donors (Lipinski definition) is 0. The molecule has 0 aliphatic carbocycles. The fraction of sp³-hybridized carbons (Fsp3) is 0.294. The van der Waals surface area contributed by atoms with E-state index >= 15 is 0 Å². The molecule has 0 amide bonds. The van der Waals surface area contributed by atoms with Gasteiger partial charge in [-0.2, -0.15) is 0 Å². The smallest absolute Gasteiger partial charge is 0.128 e. The topological polar surface area (TPSA) is 6.25 Å². The van der Waals surface area contributed by atoms with Gasteiger partial charge in [0.15, 0.2) is 0 Å². The van der Waals surface area contributed by atoms with E-state index < -0.39 is 0 Å². The van der Waals surface area contributed by atoms with E-state index in [1.807, 2.05) is 18.3 Å². The molecule has 0 N–H and O–H groups in total. The largest absolute Gasteiger partial charge is 0.353 e. The molecule has 0 aromatic carbocycles. The molecule has 110 valence electrons. The van der Waals surface area contributed by atoms with Crippen LogP contribution in [0.1, 0.15) is 25.1 Å². The van der Waals surface area contributed by atoms with Crippen molar-refractivity contribution in [2.45, 2.75) is 25.8 Å². The molecule has 0 saturated carbocycles. The number of hydrogen-bond acceptors (Lipinski definition) is 4. The Morgan fingerprint density at radius 3 is 2.95 bits per heavy atom. The molecule has 21 heavy (non-hydrogen) atoms. The van der Waals surface area contributed by atoms with E-state index in [1.54, 1.807) is 11.9 Å². The Morgan fingerprint density at radius 1 is 1.52 bits per heavy atom. The highest BCUT2D eigenvalue weighted by Crippen LogP contribution is 2.62. The van der Waals surface area contributed by atoms with Crippen molar-refractivity contribution in [1.29, 1.82) is 0 Å². The van der Waals surface area contributed by atoms with Crippen LogP contribution in [0.3, 0.4) is 0 Å². The van der Waals surface area contributed by atoms with Gasteiger partial charge in [-0.3, -0.25) is 4.31 Å². The second-order valence-corrected chi connectivity index (χ2v) is 7.07. The molecule has 2 aliphatic rings. The summed E-state index contributed by atoms with van der Waals surface area (Å²) in [6.07, 6.45) is 9.66. The molecule has 3 rings (SSSR count). The second kappa shape index (κ2) is 5.78. The molecule has 1 aromatic rings. The minimum atomic E-state index is 0.0810. The van der Waals surface area contributed by atoms with Crippen LogP contribution >= 0.6 is 23.3 Å². The van der Waals surface area contributed by atoms with Gasteiger partial charge in [0.2, 0.25) is 0 Å². The third kappa shape index (κ3) is 2.47. The maximum Gasteiger partial charge on any atom is 0.128 e. The highest BCUT2D eigenvalue weighted by atomic mass is 32.2. The van der Waals surface area contributed by atoms with Gasteiger partial charge >= 0.3 is 0 Å². The first-order valence-electron chi connectivity index (χ1n) is 7.13. The molecule has 0 bridgehead atoms. The van der Waals surface area contributed by atoms with E-state index in [4.69, 9.17) is 0 Å². The molecule has 1 saturated heterocycles. The molecule has 0 spiro atoms. The Hall–Kier alpha value is -1.39. The summed E-state index contributed by atoms with van der Waals surface area (Å²) in [5.74, 6) is 0. The summed E-state index contributed by atoms with van der Waals surface area (Å²) in [5, 5.41) is 4.32. The lowest BCUT2D eigenvalue weighted by molar-refractivity contribution is 0.404. The van der Waals surface area contributed by atoms with Crippen molar-refractivity contribution in [2.75, 3.05) is 6.54 Å². The van der Waals surface area contributed by atoms with Crippen molar-refractivity contribution in [3.63, 3.8) is 0 Å². The third-order valence-electron chi connectivity index (χ3n) is 3.90. The Kier molecular flexibility index (Phi) is 4.00. The van der Waals surface area contributed by atoms with Gasteiger partial charge in [-0.25, -0.2) is 0 Å². The van der Waals surface area contributed by atoms with Crippen LogP contribution in [0.25, 0.3) is 0 Å². The molecule has 4 heteroatoms. The molecule has 1 atom stereocenters. The molecule has 3 heterocycles. The van der Waals surface area contributed by atoms with Crippen molar-refractivity contribution >= 4 is 23.3 Å². The predicted molar refractivity (Wildman–Crippen MR) is 93.6 cm³/mol. The zero-order valence-corrected chi connectivity index (χ0v) is 14.1. The van der Waals surface area contributed by atoms with Gasteiger partial charge in [-0.15, -0.1) is 11.3 Å². The summed E-state index contributed by atoms with van der Waals surface area (Å²) < 4.78 is 2.44. The van der Waals surface area contributed by atoms with Crippen LogP contribution in [-0.4, -0.2) is 15.7 Å². The summed E-state index contributed by atoms with van der Waals surface area (Å²) in [7, 11) is 0. The predicted octanol–water partition coefficient (Wildman–Crippen LogP) is 5.08. The average molecular weight is 316 g/mol.